The first kappa shape index (κ1) is 74.3. The molecule has 0 spiro atoms. The number of carbonyl (C=O) groups excluding carboxylic acids is 3. The highest BCUT2D eigenvalue weighted by Crippen LogP contribution is 2.15. The minimum absolute atomic E-state index is 0.117. The Morgan fingerprint density at radius 1 is 0.278 bits per heavy atom. The van der Waals surface area contributed by atoms with Crippen molar-refractivity contribution in [1.82, 2.24) is 0 Å². The van der Waals surface area contributed by atoms with E-state index in [4.69, 9.17) is 14.2 Å². The van der Waals surface area contributed by atoms with Gasteiger partial charge in [0.15, 0.2) is 6.10 Å². The van der Waals surface area contributed by atoms with E-state index in [1.165, 1.54) is 122 Å². The predicted molar refractivity (Wildman–Crippen MR) is 343 cm³/mol. The van der Waals surface area contributed by atoms with Crippen molar-refractivity contribution < 1.29 is 28.6 Å². The molecule has 0 aromatic carbocycles. The van der Waals surface area contributed by atoms with Gasteiger partial charge in [-0.25, -0.2) is 0 Å². The predicted octanol–water partition coefficient (Wildman–Crippen LogP) is 22.3. The van der Waals surface area contributed by atoms with Crippen LogP contribution in [-0.4, -0.2) is 37.2 Å². The highest BCUT2D eigenvalue weighted by atomic mass is 16.6. The molecule has 0 aromatic rings. The summed E-state index contributed by atoms with van der Waals surface area (Å²) in [6.45, 7) is 6.32. The minimum Gasteiger partial charge on any atom is -0.462 e. The lowest BCUT2D eigenvalue weighted by atomic mass is 10.1. The van der Waals surface area contributed by atoms with Gasteiger partial charge in [-0.3, -0.25) is 14.4 Å². The average Bonchev–Trinajstić information content (AvgIpc) is 3.45. The minimum atomic E-state index is -0.830. The molecule has 6 heteroatoms. The second-order valence-corrected chi connectivity index (χ2v) is 20.9. The molecule has 6 nitrogen and oxygen atoms in total. The van der Waals surface area contributed by atoms with Crippen LogP contribution in [0.25, 0.3) is 0 Å². The molecule has 0 aromatic heterocycles. The summed E-state index contributed by atoms with van der Waals surface area (Å²) in [6.07, 6.45) is 94.5. The zero-order valence-corrected chi connectivity index (χ0v) is 51.1. The van der Waals surface area contributed by atoms with Crippen molar-refractivity contribution >= 4 is 17.9 Å². The van der Waals surface area contributed by atoms with Gasteiger partial charge in [-0.15, -0.1) is 0 Å². The molecule has 0 amide bonds. The van der Waals surface area contributed by atoms with Gasteiger partial charge in [0.25, 0.3) is 0 Å². The van der Waals surface area contributed by atoms with E-state index in [0.29, 0.717) is 12.8 Å². The number of rotatable bonds is 57. The molecule has 0 aliphatic heterocycles. The molecule has 1 unspecified atom stereocenters. The molecule has 1 atom stereocenters. The van der Waals surface area contributed by atoms with E-state index >= 15 is 0 Å². The van der Waals surface area contributed by atoms with Gasteiger partial charge in [0, 0.05) is 12.8 Å². The zero-order chi connectivity index (χ0) is 57.1. The van der Waals surface area contributed by atoms with Gasteiger partial charge < -0.3 is 14.2 Å². The van der Waals surface area contributed by atoms with E-state index in [0.717, 1.165) is 116 Å². The molecule has 79 heavy (non-hydrogen) atoms. The number of carbonyl (C=O) groups is 3. The Morgan fingerprint density at radius 2 is 0.544 bits per heavy atom. The second-order valence-electron chi connectivity index (χ2n) is 20.9. The Hall–Kier alpha value is -4.71. The normalized spacial score (nSPS) is 13.1. The lowest BCUT2D eigenvalue weighted by molar-refractivity contribution is -0.166. The lowest BCUT2D eigenvalue weighted by Gasteiger charge is -2.18. The SMILES string of the molecule is CC/C=C\C/C=C\C/C=C\C/C=C\C/C=C\C/C=C\CCCCCCCCCCC(=O)OCC(COC(=O)C/C=C\C/C=C\C/C=C\C/C=C\C/C=C\CC)OC(=O)CCCCCCCCCCC/C=C\CCCCCCCC. The Labute approximate surface area is 487 Å². The average molecular weight is 1090 g/mol. The van der Waals surface area contributed by atoms with E-state index in [1.54, 1.807) is 6.08 Å². The van der Waals surface area contributed by atoms with Crippen molar-refractivity contribution in [3.63, 3.8) is 0 Å². The summed E-state index contributed by atoms with van der Waals surface area (Å²) in [5, 5.41) is 0. The van der Waals surface area contributed by atoms with Crippen molar-refractivity contribution in [1.29, 1.82) is 0 Å². The molecular formula is C73H118O6. The first-order chi connectivity index (χ1) is 39.0. The summed E-state index contributed by atoms with van der Waals surface area (Å²) in [7, 11) is 0. The third-order valence-corrected chi connectivity index (χ3v) is 13.3. The number of ether oxygens (including phenoxy) is 3. The van der Waals surface area contributed by atoms with Crippen LogP contribution in [0.4, 0.5) is 0 Å². The first-order valence-electron chi connectivity index (χ1n) is 32.3. The topological polar surface area (TPSA) is 78.9 Å². The summed E-state index contributed by atoms with van der Waals surface area (Å²) in [5.41, 5.74) is 0. The number of hydrogen-bond donors (Lipinski definition) is 0. The molecule has 0 aliphatic carbocycles. The fraction of sp³-hybridized carbons (Fsp3) is 0.630. The van der Waals surface area contributed by atoms with E-state index in [1.807, 2.05) is 6.08 Å². The maximum Gasteiger partial charge on any atom is 0.309 e. The fourth-order valence-electron chi connectivity index (χ4n) is 8.57. The van der Waals surface area contributed by atoms with Crippen molar-refractivity contribution in [2.45, 2.75) is 284 Å². The molecule has 0 aliphatic rings. The van der Waals surface area contributed by atoms with Crippen LogP contribution in [0.5, 0.6) is 0 Å². The summed E-state index contributed by atoms with van der Waals surface area (Å²) in [6, 6.07) is 0. The zero-order valence-electron chi connectivity index (χ0n) is 51.1. The van der Waals surface area contributed by atoms with Gasteiger partial charge in [0.2, 0.25) is 0 Å². The monoisotopic (exact) mass is 1090 g/mol. The first-order valence-corrected chi connectivity index (χ1v) is 32.3. The van der Waals surface area contributed by atoms with Gasteiger partial charge in [0.05, 0.1) is 6.42 Å². The van der Waals surface area contributed by atoms with Crippen LogP contribution in [0, 0.1) is 0 Å². The highest BCUT2D eigenvalue weighted by molar-refractivity contribution is 5.72. The van der Waals surface area contributed by atoms with E-state index in [9.17, 15) is 14.4 Å². The number of allylic oxidation sites excluding steroid dienone is 23. The summed E-state index contributed by atoms with van der Waals surface area (Å²) >= 11 is 0. The number of hydrogen-bond acceptors (Lipinski definition) is 6. The lowest BCUT2D eigenvalue weighted by Crippen LogP contribution is -2.30. The summed E-state index contributed by atoms with van der Waals surface area (Å²) in [4.78, 5) is 38.3. The van der Waals surface area contributed by atoms with Crippen molar-refractivity contribution in [2.24, 2.45) is 0 Å². The molecule has 0 bridgehead atoms. The quantitative estimate of drug-likeness (QED) is 0.0261. The molecule has 0 radical (unpaired) electrons. The summed E-state index contributed by atoms with van der Waals surface area (Å²) in [5.74, 6) is -1.06. The third-order valence-electron chi connectivity index (χ3n) is 13.3. The molecular weight excluding hydrogens is 973 g/mol. The van der Waals surface area contributed by atoms with Gasteiger partial charge >= 0.3 is 17.9 Å². The molecule has 0 heterocycles. The Kier molecular flexibility index (Phi) is 61.9. The smallest absolute Gasteiger partial charge is 0.309 e. The van der Waals surface area contributed by atoms with Crippen LogP contribution in [-0.2, 0) is 28.6 Å². The Morgan fingerprint density at radius 3 is 0.899 bits per heavy atom. The maximum absolute atomic E-state index is 12.9. The Balaban J connectivity index is 4.44. The van der Waals surface area contributed by atoms with Crippen molar-refractivity contribution in [2.75, 3.05) is 13.2 Å². The largest absolute Gasteiger partial charge is 0.462 e. The second kappa shape index (κ2) is 65.8. The molecule has 0 fully saturated rings. The van der Waals surface area contributed by atoms with Crippen molar-refractivity contribution in [3.05, 3.63) is 146 Å². The van der Waals surface area contributed by atoms with Crippen LogP contribution in [0.1, 0.15) is 278 Å². The number of esters is 3. The molecule has 0 rings (SSSR count). The maximum atomic E-state index is 12.9. The van der Waals surface area contributed by atoms with E-state index < -0.39 is 12.1 Å². The van der Waals surface area contributed by atoms with Crippen LogP contribution in [0.15, 0.2) is 146 Å². The number of unbranched alkanes of at least 4 members (excludes halogenated alkanes) is 23. The highest BCUT2D eigenvalue weighted by Gasteiger charge is 2.19. The van der Waals surface area contributed by atoms with Crippen LogP contribution < -0.4 is 0 Å². The third kappa shape index (κ3) is 64.0. The van der Waals surface area contributed by atoms with Crippen molar-refractivity contribution in [3.8, 4) is 0 Å². The van der Waals surface area contributed by atoms with Gasteiger partial charge in [-0.05, 0) is 122 Å². The van der Waals surface area contributed by atoms with Crippen LogP contribution >= 0.6 is 0 Å². The van der Waals surface area contributed by atoms with E-state index in [-0.39, 0.29) is 31.6 Å². The molecule has 446 valence electrons. The van der Waals surface area contributed by atoms with Gasteiger partial charge in [-0.1, -0.05) is 282 Å². The van der Waals surface area contributed by atoms with Gasteiger partial charge in [0.1, 0.15) is 13.2 Å². The molecule has 0 saturated heterocycles. The van der Waals surface area contributed by atoms with Gasteiger partial charge in [-0.2, -0.15) is 0 Å². The Bertz CT molecular complexity index is 1730. The van der Waals surface area contributed by atoms with Crippen LogP contribution in [0.3, 0.4) is 0 Å². The molecule has 0 saturated carbocycles. The molecule has 0 N–H and O–H groups in total. The standard InChI is InChI=1S/C73H118O6/c1-4-7-10-13-16-19-22-25-28-30-32-33-34-35-36-37-38-39-41-42-45-48-51-54-57-60-63-66-72(75)78-69-70(68-77-71(74)65-62-59-56-53-50-47-44-27-24-21-18-15-12-9-6-3)79-73(76)67-64-61-58-55-52-49-46-43-40-31-29-26-23-20-17-14-11-8-5-2/h7,9-10,12,16,18-19,21,25-29,32-33,35-36,38-39,44,50,53,59,62,70H,4-6,8,11,13-15,17,20,22-24,30-31,34,37,40-43,45-49,51-52,54-58,60-61,63-69H2,1-3H3/b10-7-,12-9-,19-16-,21-18-,28-25-,29-26-,33-32-,36-35-,39-38-,44-27-,53-50-,62-59-. The van der Waals surface area contributed by atoms with E-state index in [2.05, 4.69) is 154 Å². The fourth-order valence-corrected chi connectivity index (χ4v) is 8.57. The summed E-state index contributed by atoms with van der Waals surface area (Å²) < 4.78 is 16.8. The van der Waals surface area contributed by atoms with Crippen LogP contribution in [0.2, 0.25) is 0 Å².